The fraction of sp³-hybridized carbons (Fsp3) is 0.385. The van der Waals surface area contributed by atoms with E-state index in [1.165, 1.54) is 10.4 Å². The first-order valence-corrected chi connectivity index (χ1v) is 6.73. The summed E-state index contributed by atoms with van der Waals surface area (Å²) >= 11 is 1.77. The summed E-state index contributed by atoms with van der Waals surface area (Å²) in [6.45, 7) is 5.28. The predicted molar refractivity (Wildman–Crippen MR) is 71.2 cm³/mol. The molecule has 0 spiro atoms. The van der Waals surface area contributed by atoms with Gasteiger partial charge in [0.1, 0.15) is 0 Å². The highest BCUT2D eigenvalue weighted by molar-refractivity contribution is 7.10. The maximum absolute atomic E-state index is 4.40. The molecule has 1 unspecified atom stereocenters. The zero-order chi connectivity index (χ0) is 12.1. The molecule has 90 valence electrons. The van der Waals surface area contributed by atoms with Crippen molar-refractivity contribution in [3.63, 3.8) is 0 Å². The van der Waals surface area contributed by atoms with Gasteiger partial charge in [0.05, 0.1) is 17.9 Å². The van der Waals surface area contributed by atoms with Gasteiger partial charge in [0.2, 0.25) is 0 Å². The maximum Gasteiger partial charge on any atom is 0.0801 e. The Morgan fingerprint density at radius 2 is 2.29 bits per heavy atom. The van der Waals surface area contributed by atoms with Crippen LogP contribution in [0.5, 0.6) is 0 Å². The third kappa shape index (κ3) is 3.11. The van der Waals surface area contributed by atoms with Gasteiger partial charge < -0.3 is 5.32 Å². The molecule has 2 aromatic rings. The normalized spacial score (nSPS) is 12.6. The molecule has 0 aliphatic rings. The minimum absolute atomic E-state index is 0.161. The van der Waals surface area contributed by atoms with Gasteiger partial charge in [0.15, 0.2) is 0 Å². The van der Waals surface area contributed by atoms with Crippen LogP contribution in [0.3, 0.4) is 0 Å². The van der Waals surface area contributed by atoms with Crippen LogP contribution in [0.1, 0.15) is 35.5 Å². The van der Waals surface area contributed by atoms with Crippen LogP contribution in [0.15, 0.2) is 30.0 Å². The topological polar surface area (TPSA) is 37.8 Å². The van der Waals surface area contributed by atoms with Gasteiger partial charge in [-0.1, -0.05) is 6.92 Å². The number of nitrogens with one attached hydrogen (secondary N) is 1. The SMILES string of the molecule is CCCNC(c1csc(C)c1)c1cnccn1. The molecule has 17 heavy (non-hydrogen) atoms. The Bertz CT molecular complexity index is 453. The lowest BCUT2D eigenvalue weighted by molar-refractivity contribution is 0.585. The van der Waals surface area contributed by atoms with E-state index >= 15 is 0 Å². The van der Waals surface area contributed by atoms with Gasteiger partial charge in [-0.05, 0) is 36.9 Å². The zero-order valence-corrected chi connectivity index (χ0v) is 11.0. The first kappa shape index (κ1) is 12.2. The zero-order valence-electron chi connectivity index (χ0n) is 10.2. The lowest BCUT2D eigenvalue weighted by Gasteiger charge is -2.16. The molecule has 2 heterocycles. The highest BCUT2D eigenvalue weighted by Crippen LogP contribution is 2.24. The Kier molecular flexibility index (Phi) is 4.23. The Morgan fingerprint density at radius 3 is 2.88 bits per heavy atom. The molecule has 3 nitrogen and oxygen atoms in total. The van der Waals surface area contributed by atoms with Crippen molar-refractivity contribution in [1.82, 2.24) is 15.3 Å². The number of aromatic nitrogens is 2. The molecule has 0 aromatic carbocycles. The van der Waals surface area contributed by atoms with E-state index < -0.39 is 0 Å². The molecule has 0 fully saturated rings. The van der Waals surface area contributed by atoms with Crippen molar-refractivity contribution in [1.29, 1.82) is 0 Å². The molecule has 2 rings (SSSR count). The summed E-state index contributed by atoms with van der Waals surface area (Å²) in [6.07, 6.45) is 6.40. The fourth-order valence-corrected chi connectivity index (χ4v) is 2.49. The lowest BCUT2D eigenvalue weighted by atomic mass is 10.1. The van der Waals surface area contributed by atoms with Crippen LogP contribution in [0.25, 0.3) is 0 Å². The minimum atomic E-state index is 0.161. The second-order valence-electron chi connectivity index (χ2n) is 4.01. The largest absolute Gasteiger partial charge is 0.305 e. The van der Waals surface area contributed by atoms with E-state index in [9.17, 15) is 0 Å². The number of thiophene rings is 1. The molecule has 0 aliphatic carbocycles. The average Bonchev–Trinajstić information content (AvgIpc) is 2.78. The molecule has 0 saturated carbocycles. The van der Waals surface area contributed by atoms with E-state index in [-0.39, 0.29) is 6.04 Å². The van der Waals surface area contributed by atoms with Crippen molar-refractivity contribution < 1.29 is 0 Å². The highest BCUT2D eigenvalue weighted by Gasteiger charge is 2.15. The van der Waals surface area contributed by atoms with E-state index in [1.807, 2.05) is 6.20 Å². The van der Waals surface area contributed by atoms with Gasteiger partial charge in [0.25, 0.3) is 0 Å². The molecule has 1 N–H and O–H groups in total. The van der Waals surface area contributed by atoms with Crippen molar-refractivity contribution in [3.05, 3.63) is 46.2 Å². The van der Waals surface area contributed by atoms with Crippen LogP contribution in [-0.4, -0.2) is 16.5 Å². The summed E-state index contributed by atoms with van der Waals surface area (Å²) < 4.78 is 0. The second kappa shape index (κ2) is 5.89. The van der Waals surface area contributed by atoms with Crippen LogP contribution in [-0.2, 0) is 0 Å². The Labute approximate surface area is 106 Å². The van der Waals surface area contributed by atoms with Crippen LogP contribution < -0.4 is 5.32 Å². The fourth-order valence-electron chi connectivity index (χ4n) is 1.76. The smallest absolute Gasteiger partial charge is 0.0801 e. The summed E-state index contributed by atoms with van der Waals surface area (Å²) in [5, 5.41) is 5.71. The molecule has 0 radical (unpaired) electrons. The average molecular weight is 247 g/mol. The summed E-state index contributed by atoms with van der Waals surface area (Å²) in [6, 6.07) is 2.38. The number of aryl methyl sites for hydroxylation is 1. The van der Waals surface area contributed by atoms with Gasteiger partial charge >= 0.3 is 0 Å². The lowest BCUT2D eigenvalue weighted by Crippen LogP contribution is -2.23. The molecule has 2 aromatic heterocycles. The summed E-state index contributed by atoms with van der Waals surface area (Å²) in [4.78, 5) is 9.87. The van der Waals surface area contributed by atoms with Gasteiger partial charge in [0, 0.05) is 17.3 Å². The second-order valence-corrected chi connectivity index (χ2v) is 5.12. The molecular weight excluding hydrogens is 230 g/mol. The van der Waals surface area contributed by atoms with Crippen molar-refractivity contribution >= 4 is 11.3 Å². The molecular formula is C13H17N3S. The standard InChI is InChI=1S/C13H17N3S/c1-3-4-16-13(11-7-10(2)17-9-11)12-8-14-5-6-15-12/h5-9,13,16H,3-4H2,1-2H3. The molecule has 1 atom stereocenters. The van der Waals surface area contributed by atoms with E-state index in [0.717, 1.165) is 18.7 Å². The molecule has 4 heteroatoms. The van der Waals surface area contributed by atoms with Crippen molar-refractivity contribution in [2.24, 2.45) is 0 Å². The Hall–Kier alpha value is -1.26. The van der Waals surface area contributed by atoms with Crippen molar-refractivity contribution in [2.45, 2.75) is 26.3 Å². The van der Waals surface area contributed by atoms with Gasteiger partial charge in [-0.25, -0.2) is 0 Å². The van der Waals surface area contributed by atoms with E-state index in [0.29, 0.717) is 0 Å². The quantitative estimate of drug-likeness (QED) is 0.882. The van der Waals surface area contributed by atoms with Crippen LogP contribution in [0.2, 0.25) is 0 Å². The Morgan fingerprint density at radius 1 is 1.41 bits per heavy atom. The van der Waals surface area contributed by atoms with E-state index in [1.54, 1.807) is 23.7 Å². The Balaban J connectivity index is 2.25. The first-order chi connectivity index (χ1) is 8.31. The molecule has 0 saturated heterocycles. The third-order valence-corrected chi connectivity index (χ3v) is 3.44. The van der Waals surface area contributed by atoms with E-state index in [2.05, 4.69) is 40.6 Å². The van der Waals surface area contributed by atoms with Gasteiger partial charge in [-0.2, -0.15) is 0 Å². The number of hydrogen-bond donors (Lipinski definition) is 1. The van der Waals surface area contributed by atoms with Crippen LogP contribution in [0.4, 0.5) is 0 Å². The molecule has 0 amide bonds. The number of rotatable bonds is 5. The summed E-state index contributed by atoms with van der Waals surface area (Å²) in [7, 11) is 0. The maximum atomic E-state index is 4.40. The van der Waals surface area contributed by atoms with Gasteiger partial charge in [-0.3, -0.25) is 9.97 Å². The van der Waals surface area contributed by atoms with Crippen LogP contribution >= 0.6 is 11.3 Å². The van der Waals surface area contributed by atoms with E-state index in [4.69, 9.17) is 0 Å². The first-order valence-electron chi connectivity index (χ1n) is 5.85. The summed E-state index contributed by atoms with van der Waals surface area (Å²) in [5.74, 6) is 0. The minimum Gasteiger partial charge on any atom is -0.305 e. The molecule has 0 bridgehead atoms. The van der Waals surface area contributed by atoms with Crippen molar-refractivity contribution in [3.8, 4) is 0 Å². The molecule has 0 aliphatic heterocycles. The number of nitrogens with zero attached hydrogens (tertiary/aromatic N) is 2. The highest BCUT2D eigenvalue weighted by atomic mass is 32.1. The van der Waals surface area contributed by atoms with Crippen LogP contribution in [0, 0.1) is 6.92 Å². The van der Waals surface area contributed by atoms with Gasteiger partial charge in [-0.15, -0.1) is 11.3 Å². The monoisotopic (exact) mass is 247 g/mol. The van der Waals surface area contributed by atoms with Crippen molar-refractivity contribution in [2.75, 3.05) is 6.54 Å². The third-order valence-electron chi connectivity index (χ3n) is 2.56. The predicted octanol–water partition coefficient (Wildman–Crippen LogP) is 2.94. The summed E-state index contributed by atoms with van der Waals surface area (Å²) in [5.41, 5.74) is 2.26. The number of hydrogen-bond acceptors (Lipinski definition) is 4.